The third-order valence-electron chi connectivity index (χ3n) is 4.39. The van der Waals surface area contributed by atoms with Gasteiger partial charge in [0.05, 0.1) is 12.8 Å². The van der Waals surface area contributed by atoms with Gasteiger partial charge < -0.3 is 9.47 Å². The van der Waals surface area contributed by atoms with Crippen LogP contribution in [0.5, 0.6) is 5.75 Å². The zero-order valence-corrected chi connectivity index (χ0v) is 20.4. The van der Waals surface area contributed by atoms with Gasteiger partial charge in [0.25, 0.3) is 0 Å². The van der Waals surface area contributed by atoms with Crippen molar-refractivity contribution >= 4 is 51.2 Å². The summed E-state index contributed by atoms with van der Waals surface area (Å²) in [7, 11) is 1.58. The molecule has 3 rings (SSSR count). The molecule has 0 fully saturated rings. The standard InChI is InChI=1S/C23H19BrCl2N4O2/c1-14-7-17(12-31-2)20(10-27)23(29-14)30-28-11-16-8-18(24)4-6-22(16)32-13-15-3-5-19(25)9-21(15)26/h3-9,11H,12-13H2,1-2H3,(H,29,30). The van der Waals surface area contributed by atoms with Gasteiger partial charge in [-0.3, -0.25) is 5.43 Å². The van der Waals surface area contributed by atoms with Crippen molar-refractivity contribution in [3.63, 3.8) is 0 Å². The molecule has 0 aliphatic carbocycles. The average Bonchev–Trinajstić information content (AvgIpc) is 2.74. The fraction of sp³-hybridized carbons (Fsp3) is 0.174. The molecule has 1 N–H and O–H groups in total. The van der Waals surface area contributed by atoms with E-state index in [-0.39, 0.29) is 6.61 Å². The largest absolute Gasteiger partial charge is 0.488 e. The quantitative estimate of drug-likeness (QED) is 0.264. The number of ether oxygens (including phenoxy) is 2. The molecular weight excluding hydrogens is 515 g/mol. The second kappa shape index (κ2) is 11.3. The van der Waals surface area contributed by atoms with Gasteiger partial charge in [0.1, 0.15) is 24.0 Å². The van der Waals surface area contributed by atoms with Gasteiger partial charge >= 0.3 is 0 Å². The van der Waals surface area contributed by atoms with Crippen LogP contribution in [-0.2, 0) is 18.0 Å². The highest BCUT2D eigenvalue weighted by Crippen LogP contribution is 2.26. The van der Waals surface area contributed by atoms with Crippen LogP contribution < -0.4 is 10.2 Å². The van der Waals surface area contributed by atoms with Crippen molar-refractivity contribution < 1.29 is 9.47 Å². The molecule has 0 spiro atoms. The summed E-state index contributed by atoms with van der Waals surface area (Å²) < 4.78 is 12.0. The first-order valence-electron chi connectivity index (χ1n) is 9.46. The lowest BCUT2D eigenvalue weighted by molar-refractivity contribution is 0.184. The Hall–Kier alpha value is -2.63. The zero-order chi connectivity index (χ0) is 23.1. The molecule has 0 saturated carbocycles. The van der Waals surface area contributed by atoms with Gasteiger partial charge in [0.15, 0.2) is 5.82 Å². The molecule has 0 amide bonds. The molecule has 0 aliphatic rings. The molecule has 6 nitrogen and oxygen atoms in total. The Kier molecular flexibility index (Phi) is 8.48. The monoisotopic (exact) mass is 532 g/mol. The minimum Gasteiger partial charge on any atom is -0.488 e. The predicted octanol–water partition coefficient (Wildman–Crippen LogP) is 6.50. The van der Waals surface area contributed by atoms with Crippen molar-refractivity contribution in [3.8, 4) is 11.8 Å². The first-order valence-corrected chi connectivity index (χ1v) is 11.0. The van der Waals surface area contributed by atoms with E-state index in [9.17, 15) is 5.26 Å². The van der Waals surface area contributed by atoms with Crippen LogP contribution in [0.15, 0.2) is 52.0 Å². The zero-order valence-electron chi connectivity index (χ0n) is 17.3. The van der Waals surface area contributed by atoms with E-state index in [1.165, 1.54) is 0 Å². The summed E-state index contributed by atoms with van der Waals surface area (Å²) in [5, 5.41) is 14.9. The lowest BCUT2D eigenvalue weighted by atomic mass is 10.1. The lowest BCUT2D eigenvalue weighted by Gasteiger charge is -2.11. The number of hydrazone groups is 1. The van der Waals surface area contributed by atoms with Crippen LogP contribution in [0.1, 0.15) is 27.9 Å². The van der Waals surface area contributed by atoms with Crippen LogP contribution in [-0.4, -0.2) is 18.3 Å². The van der Waals surface area contributed by atoms with Gasteiger partial charge in [-0.05, 0) is 43.3 Å². The van der Waals surface area contributed by atoms with E-state index < -0.39 is 0 Å². The fourth-order valence-corrected chi connectivity index (χ4v) is 3.77. The highest BCUT2D eigenvalue weighted by Gasteiger charge is 2.11. The first-order chi connectivity index (χ1) is 15.4. The summed E-state index contributed by atoms with van der Waals surface area (Å²) in [5.74, 6) is 0.976. The van der Waals surface area contributed by atoms with Gasteiger partial charge in [-0.15, -0.1) is 0 Å². The molecule has 164 valence electrons. The maximum Gasteiger partial charge on any atom is 0.164 e. The van der Waals surface area contributed by atoms with Crippen LogP contribution in [0.4, 0.5) is 5.82 Å². The number of hydrogen-bond acceptors (Lipinski definition) is 6. The summed E-state index contributed by atoms with van der Waals surface area (Å²) in [6.07, 6.45) is 1.60. The third-order valence-corrected chi connectivity index (χ3v) is 5.47. The number of pyridine rings is 1. The van der Waals surface area contributed by atoms with Crippen molar-refractivity contribution in [3.05, 3.63) is 84.9 Å². The second-order valence-electron chi connectivity index (χ2n) is 6.77. The van der Waals surface area contributed by atoms with E-state index in [0.29, 0.717) is 33.8 Å². The van der Waals surface area contributed by atoms with Gasteiger partial charge in [0, 0.05) is 44.0 Å². The topological polar surface area (TPSA) is 79.5 Å². The molecule has 1 heterocycles. The third kappa shape index (κ3) is 6.21. The smallest absolute Gasteiger partial charge is 0.164 e. The van der Waals surface area contributed by atoms with E-state index in [4.69, 9.17) is 32.7 Å². The Morgan fingerprint density at radius 2 is 1.97 bits per heavy atom. The number of nitrogens with zero attached hydrogens (tertiary/aromatic N) is 3. The molecule has 3 aromatic rings. The van der Waals surface area contributed by atoms with Crippen molar-refractivity contribution in [2.75, 3.05) is 12.5 Å². The number of hydrogen-bond donors (Lipinski definition) is 1. The Labute approximate surface area is 204 Å². The van der Waals surface area contributed by atoms with Gasteiger partial charge in [-0.2, -0.15) is 10.4 Å². The number of rotatable bonds is 8. The molecular formula is C23H19BrCl2N4O2. The van der Waals surface area contributed by atoms with Crippen LogP contribution in [0.3, 0.4) is 0 Å². The van der Waals surface area contributed by atoms with Crippen molar-refractivity contribution in [1.29, 1.82) is 5.26 Å². The predicted molar refractivity (Wildman–Crippen MR) is 131 cm³/mol. The van der Waals surface area contributed by atoms with Crippen molar-refractivity contribution in [1.82, 2.24) is 4.98 Å². The Balaban J connectivity index is 1.81. The van der Waals surface area contributed by atoms with Crippen LogP contribution in [0, 0.1) is 18.3 Å². The van der Waals surface area contributed by atoms with E-state index >= 15 is 0 Å². The molecule has 9 heteroatoms. The highest BCUT2D eigenvalue weighted by molar-refractivity contribution is 9.10. The number of anilines is 1. The first kappa shape index (κ1) is 24.0. The molecule has 0 aliphatic heterocycles. The van der Waals surface area contributed by atoms with Crippen molar-refractivity contribution in [2.24, 2.45) is 5.10 Å². The molecule has 0 saturated heterocycles. The molecule has 1 aromatic heterocycles. The molecule has 0 bridgehead atoms. The molecule has 32 heavy (non-hydrogen) atoms. The summed E-state index contributed by atoms with van der Waals surface area (Å²) in [6.45, 7) is 2.42. The normalized spacial score (nSPS) is 10.9. The number of benzene rings is 2. The summed E-state index contributed by atoms with van der Waals surface area (Å²) >= 11 is 15.7. The van der Waals surface area contributed by atoms with Gasteiger partial charge in [-0.25, -0.2) is 4.98 Å². The Morgan fingerprint density at radius 1 is 1.16 bits per heavy atom. The number of nitriles is 1. The summed E-state index contributed by atoms with van der Waals surface area (Å²) in [6, 6.07) is 14.8. The summed E-state index contributed by atoms with van der Waals surface area (Å²) in [4.78, 5) is 4.38. The Morgan fingerprint density at radius 3 is 2.69 bits per heavy atom. The number of aromatic nitrogens is 1. The van der Waals surface area contributed by atoms with Gasteiger partial charge in [0.2, 0.25) is 0 Å². The van der Waals surface area contributed by atoms with E-state index in [1.807, 2.05) is 37.3 Å². The minimum absolute atomic E-state index is 0.268. The molecule has 0 radical (unpaired) electrons. The van der Waals surface area contributed by atoms with E-state index in [1.54, 1.807) is 25.5 Å². The Bertz CT molecular complexity index is 1200. The van der Waals surface area contributed by atoms with Crippen LogP contribution >= 0.6 is 39.1 Å². The van der Waals surface area contributed by atoms with Crippen LogP contribution in [0.2, 0.25) is 10.0 Å². The fourth-order valence-electron chi connectivity index (χ4n) is 2.92. The lowest BCUT2D eigenvalue weighted by Crippen LogP contribution is -2.04. The number of nitrogens with one attached hydrogen (secondary N) is 1. The SMILES string of the molecule is COCc1cc(C)nc(NN=Cc2cc(Br)ccc2OCc2ccc(Cl)cc2Cl)c1C#N. The van der Waals surface area contributed by atoms with Crippen LogP contribution in [0.25, 0.3) is 0 Å². The van der Waals surface area contributed by atoms with Crippen molar-refractivity contribution in [2.45, 2.75) is 20.1 Å². The number of methoxy groups -OCH3 is 1. The number of halogens is 3. The average molecular weight is 534 g/mol. The number of aryl methyl sites for hydroxylation is 1. The maximum atomic E-state index is 9.55. The molecule has 2 aromatic carbocycles. The molecule has 0 atom stereocenters. The molecule has 0 unspecified atom stereocenters. The van der Waals surface area contributed by atoms with E-state index in [2.05, 4.69) is 37.5 Å². The highest BCUT2D eigenvalue weighted by atomic mass is 79.9. The summed E-state index contributed by atoms with van der Waals surface area (Å²) in [5.41, 5.74) is 6.28. The van der Waals surface area contributed by atoms with Gasteiger partial charge in [-0.1, -0.05) is 45.2 Å². The maximum absolute atomic E-state index is 9.55. The second-order valence-corrected chi connectivity index (χ2v) is 8.53. The minimum atomic E-state index is 0.268. The van der Waals surface area contributed by atoms with E-state index in [0.717, 1.165) is 26.9 Å².